The zero-order valence-corrected chi connectivity index (χ0v) is 30.1. The summed E-state index contributed by atoms with van der Waals surface area (Å²) in [7, 11) is -6.89. The predicted molar refractivity (Wildman–Crippen MR) is 167 cm³/mol. The molecule has 0 amide bonds. The van der Waals surface area contributed by atoms with Crippen LogP contribution in [0.25, 0.3) is 0 Å². The highest BCUT2D eigenvalue weighted by Crippen LogP contribution is 2.42. The monoisotopic (exact) mass is 602 g/mol. The van der Waals surface area contributed by atoms with Gasteiger partial charge in [0.2, 0.25) is 0 Å². The summed E-state index contributed by atoms with van der Waals surface area (Å²) in [5.74, 6) is 0. The fourth-order valence-corrected chi connectivity index (χ4v) is 6.36. The SMILES string of the molecule is [2H]C([2H])(O[Si](C)(C)C(C)(C)C)c1cn([C@H]2C[C@H](O[Si](C)(C)C(C)(C)C)[C@@H](CO[Si](C)(C)C(C)(C)C)O2)c(=O)[nH]c1=O. The van der Waals surface area contributed by atoms with Gasteiger partial charge in [-0.3, -0.25) is 14.3 Å². The highest BCUT2D eigenvalue weighted by atomic mass is 28.4. The van der Waals surface area contributed by atoms with Crippen LogP contribution in [0.4, 0.5) is 0 Å². The first-order chi connectivity index (χ1) is 18.0. The lowest BCUT2D eigenvalue weighted by Crippen LogP contribution is -2.48. The molecule has 1 aliphatic rings. The maximum atomic E-state index is 13.1. The minimum atomic E-state index is -2.59. The molecule has 39 heavy (non-hydrogen) atoms. The number of ether oxygens (including phenoxy) is 1. The smallest absolute Gasteiger partial charge is 0.330 e. The van der Waals surface area contributed by atoms with Crippen molar-refractivity contribution in [2.75, 3.05) is 6.61 Å². The Labute approximate surface area is 242 Å². The Balaban J connectivity index is 2.50. The van der Waals surface area contributed by atoms with Crippen molar-refractivity contribution in [1.82, 2.24) is 9.55 Å². The molecule has 2 rings (SSSR count). The van der Waals surface area contributed by atoms with Crippen molar-refractivity contribution in [3.63, 3.8) is 0 Å². The molecular formula is C28H56N2O6Si3. The molecule has 3 atom stereocenters. The number of rotatable bonds is 9. The Morgan fingerprint density at radius 1 is 0.897 bits per heavy atom. The number of nitrogens with one attached hydrogen (secondary N) is 1. The minimum absolute atomic E-state index is 0.0152. The second-order valence-corrected chi connectivity index (χ2v) is 29.8. The molecule has 0 radical (unpaired) electrons. The predicted octanol–water partition coefficient (Wildman–Crippen LogP) is 6.76. The minimum Gasteiger partial charge on any atom is -0.414 e. The molecule has 1 N–H and O–H groups in total. The van der Waals surface area contributed by atoms with Crippen LogP contribution >= 0.6 is 0 Å². The Kier molecular flexibility index (Phi) is 9.13. The highest BCUT2D eigenvalue weighted by Gasteiger charge is 2.47. The van der Waals surface area contributed by atoms with Crippen LogP contribution in [0.1, 0.15) is 83.3 Å². The fraction of sp³-hybridized carbons (Fsp3) is 0.857. The summed E-state index contributed by atoms with van der Waals surface area (Å²) in [5.41, 5.74) is -1.72. The third-order valence-corrected chi connectivity index (χ3v) is 22.6. The second kappa shape index (κ2) is 11.5. The van der Waals surface area contributed by atoms with Crippen molar-refractivity contribution in [2.45, 2.75) is 148 Å². The number of H-pyrrole nitrogens is 1. The molecule has 1 aliphatic heterocycles. The maximum absolute atomic E-state index is 13.1. The number of nitrogens with zero attached hydrogens (tertiary/aromatic N) is 1. The third-order valence-electron chi connectivity index (χ3n) is 9.35. The van der Waals surface area contributed by atoms with E-state index in [4.69, 9.17) is 20.8 Å². The Morgan fingerprint density at radius 2 is 1.38 bits per heavy atom. The molecule has 226 valence electrons. The van der Waals surface area contributed by atoms with E-state index in [1.54, 1.807) is 0 Å². The summed E-state index contributed by atoms with van der Waals surface area (Å²) >= 11 is 0. The van der Waals surface area contributed by atoms with Crippen molar-refractivity contribution in [3.05, 3.63) is 32.6 Å². The molecule has 1 aromatic rings. The normalized spacial score (nSPS) is 23.1. The molecule has 1 fully saturated rings. The van der Waals surface area contributed by atoms with Crippen LogP contribution in [0, 0.1) is 0 Å². The van der Waals surface area contributed by atoms with Crippen molar-refractivity contribution in [3.8, 4) is 0 Å². The van der Waals surface area contributed by atoms with Gasteiger partial charge in [0.15, 0.2) is 25.0 Å². The van der Waals surface area contributed by atoms with Gasteiger partial charge in [-0.15, -0.1) is 0 Å². The van der Waals surface area contributed by atoms with Crippen LogP contribution in [0.3, 0.4) is 0 Å². The van der Waals surface area contributed by atoms with E-state index in [9.17, 15) is 9.59 Å². The van der Waals surface area contributed by atoms with Gasteiger partial charge < -0.3 is 18.0 Å². The number of aromatic amines is 1. The molecule has 8 nitrogen and oxygen atoms in total. The molecule has 0 bridgehead atoms. The Bertz CT molecular complexity index is 1190. The molecule has 0 aromatic carbocycles. The van der Waals surface area contributed by atoms with E-state index in [-0.39, 0.29) is 26.8 Å². The van der Waals surface area contributed by atoms with E-state index < -0.39 is 55.1 Å². The molecule has 0 spiro atoms. The quantitative estimate of drug-likeness (QED) is 0.314. The van der Waals surface area contributed by atoms with Crippen molar-refractivity contribution < 1.29 is 20.8 Å². The van der Waals surface area contributed by atoms with Crippen LogP contribution in [0.15, 0.2) is 15.8 Å². The molecule has 11 heteroatoms. The van der Waals surface area contributed by atoms with Crippen LogP contribution in [-0.4, -0.2) is 53.3 Å². The lowest BCUT2D eigenvalue weighted by atomic mass is 10.2. The average Bonchev–Trinajstić information content (AvgIpc) is 3.10. The van der Waals surface area contributed by atoms with Gasteiger partial charge in [0.1, 0.15) is 12.3 Å². The largest absolute Gasteiger partial charge is 0.414 e. The molecule has 0 saturated carbocycles. The molecule has 0 unspecified atom stereocenters. The van der Waals surface area contributed by atoms with E-state index in [0.717, 1.165) is 0 Å². The van der Waals surface area contributed by atoms with Crippen LogP contribution in [-0.2, 0) is 24.6 Å². The first kappa shape index (κ1) is 31.1. The fourth-order valence-electron chi connectivity index (χ4n) is 3.31. The summed E-state index contributed by atoms with van der Waals surface area (Å²) in [6, 6.07) is 0. The van der Waals surface area contributed by atoms with E-state index in [1.165, 1.54) is 10.8 Å². The van der Waals surface area contributed by atoms with E-state index in [0.29, 0.717) is 13.0 Å². The summed E-state index contributed by atoms with van der Waals surface area (Å²) in [5, 5.41) is -0.294. The van der Waals surface area contributed by atoms with Gasteiger partial charge in [0.05, 0.1) is 27.6 Å². The summed E-state index contributed by atoms with van der Waals surface area (Å²) < 4.78 is 44.5. The average molecular weight is 603 g/mol. The van der Waals surface area contributed by atoms with Crippen molar-refractivity contribution >= 4 is 25.0 Å². The van der Waals surface area contributed by atoms with E-state index in [1.807, 2.05) is 33.9 Å². The highest BCUT2D eigenvalue weighted by molar-refractivity contribution is 6.74. The number of aromatic nitrogens is 2. The third kappa shape index (κ3) is 8.14. The topological polar surface area (TPSA) is 91.8 Å². The number of hydrogen-bond acceptors (Lipinski definition) is 6. The van der Waals surface area contributed by atoms with E-state index >= 15 is 0 Å². The molecular weight excluding hydrogens is 545 g/mol. The lowest BCUT2D eigenvalue weighted by Gasteiger charge is -2.40. The zero-order valence-electron chi connectivity index (χ0n) is 29.1. The molecule has 1 aromatic heterocycles. The van der Waals surface area contributed by atoms with Gasteiger partial charge in [-0.2, -0.15) is 0 Å². The lowest BCUT2D eigenvalue weighted by molar-refractivity contribution is -0.0413. The summed E-state index contributed by atoms with van der Waals surface area (Å²) in [4.78, 5) is 28.3. The maximum Gasteiger partial charge on any atom is 0.330 e. The molecule has 2 heterocycles. The van der Waals surface area contributed by atoms with Gasteiger partial charge in [-0.1, -0.05) is 62.3 Å². The standard InChI is InChI=1S/C28H56N2O6Si3/c1-26(2,3)37(10,11)33-18-20-17-30(25(32)29-24(20)31)23-16-21(36-39(14,15)28(7,8)9)22(35-23)19-34-38(12,13)27(4,5)6/h17,21-23H,16,18-19H2,1-15H3,(H,29,31,32)/t21-,22+,23+/m0/s1/i18D2. The number of hydrogen-bond donors (Lipinski definition) is 1. The van der Waals surface area contributed by atoms with Crippen LogP contribution < -0.4 is 11.2 Å². The first-order valence-electron chi connectivity index (χ1n) is 15.1. The Hall–Kier alpha value is -0.829. The van der Waals surface area contributed by atoms with Gasteiger partial charge in [-0.25, -0.2) is 4.79 Å². The van der Waals surface area contributed by atoms with Crippen molar-refractivity contribution in [1.29, 1.82) is 0 Å². The zero-order chi connectivity index (χ0) is 32.2. The van der Waals surface area contributed by atoms with E-state index in [2.05, 4.69) is 72.7 Å². The van der Waals surface area contributed by atoms with Gasteiger partial charge in [-0.05, 0) is 54.4 Å². The van der Waals surface area contributed by atoms with Crippen molar-refractivity contribution in [2.24, 2.45) is 0 Å². The van der Waals surface area contributed by atoms with Gasteiger partial charge >= 0.3 is 5.69 Å². The van der Waals surface area contributed by atoms with Gasteiger partial charge in [0.25, 0.3) is 5.56 Å². The molecule has 0 aliphatic carbocycles. The van der Waals surface area contributed by atoms with Gasteiger partial charge in [0, 0.05) is 12.6 Å². The molecule has 1 saturated heterocycles. The second-order valence-electron chi connectivity index (χ2n) is 15.5. The summed E-state index contributed by atoms with van der Waals surface area (Å²) in [6.07, 6.45) is 0.123. The van der Waals surface area contributed by atoms with Crippen LogP contribution in [0.2, 0.25) is 54.4 Å². The Morgan fingerprint density at radius 3 is 1.87 bits per heavy atom. The summed E-state index contributed by atoms with van der Waals surface area (Å²) in [6.45, 7) is 29.6. The van der Waals surface area contributed by atoms with Crippen LogP contribution in [0.5, 0.6) is 0 Å². The first-order valence-corrected chi connectivity index (χ1v) is 22.8.